The highest BCUT2D eigenvalue weighted by Gasteiger charge is 2.19. The lowest BCUT2D eigenvalue weighted by atomic mass is 9.97. The average Bonchev–Trinajstić information content (AvgIpc) is 2.43. The van der Waals surface area contributed by atoms with Crippen LogP contribution in [0.25, 0.3) is 0 Å². The maximum atomic E-state index is 5.43. The monoisotopic (exact) mass is 199 g/mol. The Labute approximate surface area is 88.4 Å². The highest BCUT2D eigenvalue weighted by atomic mass is 16.5. The molecule has 1 N–H and O–H groups in total. The van der Waals surface area contributed by atoms with E-state index in [0.29, 0.717) is 0 Å². The predicted molar refractivity (Wildman–Crippen MR) is 60.6 cm³/mol. The number of hydrogen-bond donors (Lipinski definition) is 1. The second-order valence-electron chi connectivity index (χ2n) is 5.00. The molecule has 1 rings (SSSR count). The molecule has 84 valence electrons. The van der Waals surface area contributed by atoms with Gasteiger partial charge in [0.2, 0.25) is 0 Å². The van der Waals surface area contributed by atoms with Crippen LogP contribution < -0.4 is 5.32 Å². The van der Waals surface area contributed by atoms with Gasteiger partial charge >= 0.3 is 0 Å². The van der Waals surface area contributed by atoms with Crippen LogP contribution in [0.3, 0.4) is 0 Å². The van der Waals surface area contributed by atoms with E-state index < -0.39 is 0 Å². The summed E-state index contributed by atoms with van der Waals surface area (Å²) in [7, 11) is 1.81. The van der Waals surface area contributed by atoms with Crippen LogP contribution in [0.1, 0.15) is 52.4 Å². The third kappa shape index (κ3) is 4.43. The minimum Gasteiger partial charge on any atom is -0.379 e. The maximum absolute atomic E-state index is 5.43. The zero-order chi connectivity index (χ0) is 10.4. The molecule has 0 amide bonds. The van der Waals surface area contributed by atoms with Crippen LogP contribution >= 0.6 is 0 Å². The number of hydrogen-bond acceptors (Lipinski definition) is 2. The van der Waals surface area contributed by atoms with E-state index in [0.717, 1.165) is 12.5 Å². The van der Waals surface area contributed by atoms with Crippen LogP contribution in [0.2, 0.25) is 0 Å². The standard InChI is InChI=1S/C12H25NO/c1-12(2,14-3)9-8-11-7-5-4-6-10-13-11/h11,13H,4-10H2,1-3H3. The first-order valence-corrected chi connectivity index (χ1v) is 5.92. The van der Waals surface area contributed by atoms with Crippen LogP contribution in [-0.2, 0) is 4.74 Å². The van der Waals surface area contributed by atoms with E-state index in [9.17, 15) is 0 Å². The van der Waals surface area contributed by atoms with Crippen LogP contribution in [-0.4, -0.2) is 25.3 Å². The highest BCUT2D eigenvalue weighted by molar-refractivity contribution is 4.76. The third-order valence-electron chi connectivity index (χ3n) is 3.31. The number of rotatable bonds is 4. The molecule has 0 radical (unpaired) electrons. The van der Waals surface area contributed by atoms with Gasteiger partial charge in [-0.2, -0.15) is 0 Å². The average molecular weight is 199 g/mol. The summed E-state index contributed by atoms with van der Waals surface area (Å²) in [5, 5.41) is 3.62. The Morgan fingerprint density at radius 2 is 2.07 bits per heavy atom. The Bertz CT molecular complexity index is 148. The van der Waals surface area contributed by atoms with Crippen molar-refractivity contribution in [1.29, 1.82) is 0 Å². The molecule has 1 saturated heterocycles. The molecule has 0 aromatic heterocycles. The first-order chi connectivity index (χ1) is 6.64. The lowest BCUT2D eigenvalue weighted by Crippen LogP contribution is -2.32. The minimum atomic E-state index is 0.0496. The number of methoxy groups -OCH3 is 1. The van der Waals surface area contributed by atoms with Crippen LogP contribution in [0, 0.1) is 0 Å². The van der Waals surface area contributed by atoms with E-state index in [1.165, 1.54) is 38.6 Å². The van der Waals surface area contributed by atoms with Gasteiger partial charge in [-0.1, -0.05) is 12.8 Å². The molecule has 1 heterocycles. The topological polar surface area (TPSA) is 21.3 Å². The van der Waals surface area contributed by atoms with E-state index in [-0.39, 0.29) is 5.60 Å². The van der Waals surface area contributed by atoms with Gasteiger partial charge in [0.25, 0.3) is 0 Å². The molecular weight excluding hydrogens is 174 g/mol. The molecule has 0 aliphatic carbocycles. The molecule has 1 aliphatic rings. The molecule has 0 bridgehead atoms. The van der Waals surface area contributed by atoms with Gasteiger partial charge in [0.15, 0.2) is 0 Å². The van der Waals surface area contributed by atoms with Gasteiger partial charge in [0, 0.05) is 13.2 Å². The van der Waals surface area contributed by atoms with Gasteiger partial charge < -0.3 is 10.1 Å². The van der Waals surface area contributed by atoms with Crippen molar-refractivity contribution < 1.29 is 4.74 Å². The fraction of sp³-hybridized carbons (Fsp3) is 1.00. The van der Waals surface area contributed by atoms with Gasteiger partial charge in [-0.15, -0.1) is 0 Å². The van der Waals surface area contributed by atoms with Crippen LogP contribution in [0.15, 0.2) is 0 Å². The normalized spacial score (nSPS) is 24.6. The molecule has 1 aliphatic heterocycles. The zero-order valence-electron chi connectivity index (χ0n) is 9.94. The second kappa shape index (κ2) is 5.72. The maximum Gasteiger partial charge on any atom is 0.0623 e. The van der Waals surface area contributed by atoms with Crippen molar-refractivity contribution in [3.05, 3.63) is 0 Å². The summed E-state index contributed by atoms with van der Waals surface area (Å²) >= 11 is 0. The lowest BCUT2D eigenvalue weighted by Gasteiger charge is -2.25. The molecule has 0 spiro atoms. The quantitative estimate of drug-likeness (QED) is 0.751. The SMILES string of the molecule is COC(C)(C)CCC1CCCCCN1. The van der Waals surface area contributed by atoms with Gasteiger partial charge in [-0.05, 0) is 46.1 Å². The Balaban J connectivity index is 2.22. The van der Waals surface area contributed by atoms with E-state index in [2.05, 4.69) is 19.2 Å². The Hall–Kier alpha value is -0.0800. The van der Waals surface area contributed by atoms with E-state index in [1.54, 1.807) is 7.11 Å². The highest BCUT2D eigenvalue weighted by Crippen LogP contribution is 2.20. The van der Waals surface area contributed by atoms with Crippen molar-refractivity contribution in [3.63, 3.8) is 0 Å². The summed E-state index contributed by atoms with van der Waals surface area (Å²) in [4.78, 5) is 0. The molecule has 14 heavy (non-hydrogen) atoms. The number of nitrogens with one attached hydrogen (secondary N) is 1. The number of ether oxygens (including phenoxy) is 1. The molecule has 1 atom stereocenters. The Morgan fingerprint density at radius 3 is 2.79 bits per heavy atom. The predicted octanol–water partition coefficient (Wildman–Crippen LogP) is 2.72. The van der Waals surface area contributed by atoms with E-state index >= 15 is 0 Å². The van der Waals surface area contributed by atoms with Crippen molar-refractivity contribution in [1.82, 2.24) is 5.32 Å². The van der Waals surface area contributed by atoms with Gasteiger partial charge in [0.1, 0.15) is 0 Å². The minimum absolute atomic E-state index is 0.0496. The second-order valence-corrected chi connectivity index (χ2v) is 5.00. The fourth-order valence-corrected chi connectivity index (χ4v) is 1.97. The third-order valence-corrected chi connectivity index (χ3v) is 3.31. The summed E-state index contributed by atoms with van der Waals surface area (Å²) in [6.45, 7) is 5.55. The van der Waals surface area contributed by atoms with Crippen LogP contribution in [0.4, 0.5) is 0 Å². The Morgan fingerprint density at radius 1 is 1.29 bits per heavy atom. The summed E-state index contributed by atoms with van der Waals surface area (Å²) in [5.41, 5.74) is 0.0496. The van der Waals surface area contributed by atoms with Crippen molar-refractivity contribution in [2.45, 2.75) is 64.0 Å². The lowest BCUT2D eigenvalue weighted by molar-refractivity contribution is 0.0116. The molecule has 2 nitrogen and oxygen atoms in total. The first kappa shape index (κ1) is 12.0. The summed E-state index contributed by atoms with van der Waals surface area (Å²) in [6.07, 6.45) is 7.90. The fourth-order valence-electron chi connectivity index (χ4n) is 1.97. The molecular formula is C12H25NO. The summed E-state index contributed by atoms with van der Waals surface area (Å²) in [6, 6.07) is 0.729. The smallest absolute Gasteiger partial charge is 0.0623 e. The Kier molecular flexibility index (Phi) is 4.90. The summed E-state index contributed by atoms with van der Waals surface area (Å²) < 4.78 is 5.43. The van der Waals surface area contributed by atoms with Gasteiger partial charge in [-0.25, -0.2) is 0 Å². The largest absolute Gasteiger partial charge is 0.379 e. The molecule has 2 heteroatoms. The first-order valence-electron chi connectivity index (χ1n) is 5.92. The molecule has 1 unspecified atom stereocenters. The molecule has 0 aromatic rings. The molecule has 1 fully saturated rings. The van der Waals surface area contributed by atoms with E-state index in [1.807, 2.05) is 0 Å². The summed E-state index contributed by atoms with van der Waals surface area (Å²) in [5.74, 6) is 0. The van der Waals surface area contributed by atoms with Gasteiger partial charge in [-0.3, -0.25) is 0 Å². The van der Waals surface area contributed by atoms with E-state index in [4.69, 9.17) is 4.74 Å². The molecule has 0 saturated carbocycles. The van der Waals surface area contributed by atoms with Crippen LogP contribution in [0.5, 0.6) is 0 Å². The van der Waals surface area contributed by atoms with Crippen molar-refractivity contribution in [2.24, 2.45) is 0 Å². The zero-order valence-corrected chi connectivity index (χ0v) is 9.94. The molecule has 0 aromatic carbocycles. The van der Waals surface area contributed by atoms with Crippen molar-refractivity contribution in [2.75, 3.05) is 13.7 Å². The van der Waals surface area contributed by atoms with Crippen molar-refractivity contribution >= 4 is 0 Å². The van der Waals surface area contributed by atoms with Gasteiger partial charge in [0.05, 0.1) is 5.60 Å². The van der Waals surface area contributed by atoms with Crippen molar-refractivity contribution in [3.8, 4) is 0 Å².